The van der Waals surface area contributed by atoms with Gasteiger partial charge in [0.25, 0.3) is 5.91 Å². The molecule has 0 spiro atoms. The molecule has 1 saturated heterocycles. The minimum absolute atomic E-state index is 0.109. The number of amides is 1. The molecule has 2 rings (SSSR count). The number of carboxylic acids is 2. The molecular formula is C23H29NO6S2. The van der Waals surface area contributed by atoms with Gasteiger partial charge in [-0.3, -0.25) is 14.5 Å². The molecular weight excluding hydrogens is 450 g/mol. The quantitative estimate of drug-likeness (QED) is 0.220. The summed E-state index contributed by atoms with van der Waals surface area (Å²) in [5.74, 6) is -2.18. The minimum atomic E-state index is -1.30. The number of nitrogens with zero attached hydrogens (tertiary/aromatic N) is 1. The van der Waals surface area contributed by atoms with Crippen LogP contribution in [0.15, 0.2) is 29.2 Å². The van der Waals surface area contributed by atoms with Gasteiger partial charge in [0.15, 0.2) is 0 Å². The summed E-state index contributed by atoms with van der Waals surface area (Å²) < 4.78 is 5.87. The Morgan fingerprint density at radius 2 is 1.78 bits per heavy atom. The fourth-order valence-corrected chi connectivity index (χ4v) is 4.61. The third-order valence-corrected chi connectivity index (χ3v) is 6.33. The summed E-state index contributed by atoms with van der Waals surface area (Å²) >= 11 is 6.21. The molecule has 1 aromatic carbocycles. The molecule has 0 bridgehead atoms. The fourth-order valence-electron chi connectivity index (χ4n) is 3.26. The van der Waals surface area contributed by atoms with Crippen LogP contribution in [0.1, 0.15) is 63.9 Å². The second-order valence-electron chi connectivity index (χ2n) is 7.52. The molecule has 1 fully saturated rings. The second-order valence-corrected chi connectivity index (χ2v) is 9.20. The van der Waals surface area contributed by atoms with Crippen molar-refractivity contribution in [2.45, 2.75) is 64.3 Å². The first-order valence-corrected chi connectivity index (χ1v) is 12.0. The monoisotopic (exact) mass is 479 g/mol. The molecule has 32 heavy (non-hydrogen) atoms. The Balaban J connectivity index is 1.94. The number of carbonyl (C=O) groups excluding carboxylic acids is 1. The van der Waals surface area contributed by atoms with Crippen molar-refractivity contribution in [1.29, 1.82) is 0 Å². The van der Waals surface area contributed by atoms with Gasteiger partial charge >= 0.3 is 11.9 Å². The Morgan fingerprint density at radius 1 is 1.12 bits per heavy atom. The van der Waals surface area contributed by atoms with Crippen LogP contribution in [0.4, 0.5) is 0 Å². The van der Waals surface area contributed by atoms with Crippen LogP contribution in [0.3, 0.4) is 0 Å². The molecule has 0 saturated carbocycles. The number of thiocarbonyl (C=S) groups is 1. The highest BCUT2D eigenvalue weighted by atomic mass is 32.2. The number of thioether (sulfide) groups is 1. The molecule has 1 heterocycles. The Labute approximate surface area is 197 Å². The fraction of sp³-hybridized carbons (Fsp3) is 0.478. The van der Waals surface area contributed by atoms with E-state index in [1.54, 1.807) is 6.08 Å². The Hall–Kier alpha value is -2.39. The van der Waals surface area contributed by atoms with Crippen molar-refractivity contribution in [2.75, 3.05) is 6.61 Å². The predicted octanol–water partition coefficient (Wildman–Crippen LogP) is 4.95. The maximum absolute atomic E-state index is 12.8. The molecule has 1 atom stereocenters. The number of carboxylic acid groups (broad SMARTS) is 2. The van der Waals surface area contributed by atoms with E-state index < -0.39 is 23.9 Å². The van der Waals surface area contributed by atoms with Crippen LogP contribution in [0.2, 0.25) is 0 Å². The van der Waals surface area contributed by atoms with Gasteiger partial charge in [0.05, 0.1) is 11.5 Å². The first-order valence-electron chi connectivity index (χ1n) is 10.8. The summed E-state index contributed by atoms with van der Waals surface area (Å²) in [5, 5.41) is 18.3. The molecule has 7 nitrogen and oxygen atoms in total. The SMILES string of the molecule is CCCCCCCCOc1ccc(/C=C2/SC(=S)N([C@@H](CCC(=O)O)C(=O)O)C2=O)cc1. The highest BCUT2D eigenvalue weighted by molar-refractivity contribution is 8.26. The van der Waals surface area contributed by atoms with Gasteiger partial charge in [0.2, 0.25) is 0 Å². The summed E-state index contributed by atoms with van der Waals surface area (Å²) in [7, 11) is 0. The predicted molar refractivity (Wildman–Crippen MR) is 129 cm³/mol. The minimum Gasteiger partial charge on any atom is -0.494 e. The van der Waals surface area contributed by atoms with Crippen molar-refractivity contribution in [2.24, 2.45) is 0 Å². The van der Waals surface area contributed by atoms with E-state index in [1.165, 1.54) is 25.7 Å². The van der Waals surface area contributed by atoms with E-state index in [9.17, 15) is 19.5 Å². The van der Waals surface area contributed by atoms with Crippen molar-refractivity contribution in [3.63, 3.8) is 0 Å². The lowest BCUT2D eigenvalue weighted by Gasteiger charge is -2.22. The molecule has 1 aliphatic heterocycles. The molecule has 0 aliphatic carbocycles. The van der Waals surface area contributed by atoms with E-state index >= 15 is 0 Å². The lowest BCUT2D eigenvalue weighted by atomic mass is 10.1. The highest BCUT2D eigenvalue weighted by Gasteiger charge is 2.40. The molecule has 0 unspecified atom stereocenters. The number of carbonyl (C=O) groups is 3. The van der Waals surface area contributed by atoms with Gasteiger partial charge in [-0.25, -0.2) is 4.79 Å². The zero-order valence-electron chi connectivity index (χ0n) is 18.1. The summed E-state index contributed by atoms with van der Waals surface area (Å²) in [6, 6.07) is 6.00. The third kappa shape index (κ3) is 7.94. The molecule has 2 N–H and O–H groups in total. The largest absolute Gasteiger partial charge is 0.494 e. The van der Waals surface area contributed by atoms with E-state index in [2.05, 4.69) is 6.92 Å². The molecule has 1 aliphatic rings. The van der Waals surface area contributed by atoms with Gasteiger partial charge in [-0.15, -0.1) is 0 Å². The summed E-state index contributed by atoms with van der Waals surface area (Å²) in [4.78, 5) is 36.5. The lowest BCUT2D eigenvalue weighted by molar-refractivity contribution is -0.146. The van der Waals surface area contributed by atoms with Crippen molar-refractivity contribution >= 4 is 52.2 Å². The van der Waals surface area contributed by atoms with E-state index in [0.29, 0.717) is 11.5 Å². The number of rotatable bonds is 14. The molecule has 9 heteroatoms. The maximum atomic E-state index is 12.8. The third-order valence-electron chi connectivity index (χ3n) is 5.00. The lowest BCUT2D eigenvalue weighted by Crippen LogP contribution is -2.44. The highest BCUT2D eigenvalue weighted by Crippen LogP contribution is 2.35. The second kappa shape index (κ2) is 13.2. The first-order chi connectivity index (χ1) is 15.3. The average molecular weight is 480 g/mol. The van der Waals surface area contributed by atoms with Crippen molar-refractivity contribution < 1.29 is 29.3 Å². The van der Waals surface area contributed by atoms with Gasteiger partial charge < -0.3 is 14.9 Å². The molecule has 0 aromatic heterocycles. The number of hydrogen-bond donors (Lipinski definition) is 2. The van der Waals surface area contributed by atoms with Gasteiger partial charge in [-0.1, -0.05) is 75.1 Å². The van der Waals surface area contributed by atoms with E-state index in [4.69, 9.17) is 22.1 Å². The average Bonchev–Trinajstić information content (AvgIpc) is 3.02. The Bertz CT molecular complexity index is 853. The van der Waals surface area contributed by atoms with Crippen LogP contribution in [0, 0.1) is 0 Å². The van der Waals surface area contributed by atoms with Crippen molar-refractivity contribution in [3.05, 3.63) is 34.7 Å². The topological polar surface area (TPSA) is 104 Å². The van der Waals surface area contributed by atoms with Gasteiger partial charge in [0, 0.05) is 6.42 Å². The van der Waals surface area contributed by atoms with Gasteiger partial charge in [0.1, 0.15) is 16.1 Å². The van der Waals surface area contributed by atoms with Crippen LogP contribution >= 0.6 is 24.0 Å². The van der Waals surface area contributed by atoms with E-state index in [1.807, 2.05) is 24.3 Å². The summed E-state index contributed by atoms with van der Waals surface area (Å²) in [6.07, 6.45) is 8.25. The summed E-state index contributed by atoms with van der Waals surface area (Å²) in [5.41, 5.74) is 0.759. The van der Waals surface area contributed by atoms with Crippen LogP contribution < -0.4 is 4.74 Å². The number of aliphatic carboxylic acids is 2. The van der Waals surface area contributed by atoms with Crippen LogP contribution in [-0.2, 0) is 14.4 Å². The van der Waals surface area contributed by atoms with Crippen LogP contribution in [0.5, 0.6) is 5.75 Å². The molecule has 0 radical (unpaired) electrons. The van der Waals surface area contributed by atoms with Crippen LogP contribution in [0.25, 0.3) is 6.08 Å². The van der Waals surface area contributed by atoms with E-state index in [-0.39, 0.29) is 17.2 Å². The smallest absolute Gasteiger partial charge is 0.326 e. The zero-order chi connectivity index (χ0) is 23.5. The first kappa shape index (κ1) is 25.9. The zero-order valence-corrected chi connectivity index (χ0v) is 19.8. The van der Waals surface area contributed by atoms with Gasteiger partial charge in [-0.2, -0.15) is 0 Å². The van der Waals surface area contributed by atoms with Crippen molar-refractivity contribution in [3.8, 4) is 5.75 Å². The summed E-state index contributed by atoms with van der Waals surface area (Å²) in [6.45, 7) is 2.86. The number of ether oxygens (including phenoxy) is 1. The standard InChI is InChI=1S/C23H29NO6S2/c1-2-3-4-5-6-7-14-30-17-10-8-16(9-11-17)15-19-21(27)24(23(31)32-19)18(22(28)29)12-13-20(25)26/h8-11,15,18H,2-7,12-14H2,1H3,(H,25,26)(H,28,29)/b19-15+/t18-/m0/s1. The Morgan fingerprint density at radius 3 is 2.41 bits per heavy atom. The maximum Gasteiger partial charge on any atom is 0.326 e. The van der Waals surface area contributed by atoms with Crippen LogP contribution in [-0.4, -0.2) is 49.9 Å². The van der Waals surface area contributed by atoms with E-state index in [0.717, 1.165) is 40.8 Å². The normalized spacial score (nSPS) is 15.9. The molecule has 174 valence electrons. The number of hydrogen-bond acceptors (Lipinski definition) is 6. The molecule has 1 aromatic rings. The number of unbranched alkanes of at least 4 members (excludes halogenated alkanes) is 5. The number of benzene rings is 1. The Kier molecular flexibility index (Phi) is 10.7. The molecule has 1 amide bonds. The van der Waals surface area contributed by atoms with Gasteiger partial charge in [-0.05, 0) is 36.6 Å². The van der Waals surface area contributed by atoms with Crippen molar-refractivity contribution in [1.82, 2.24) is 4.90 Å².